The second-order valence-electron chi connectivity index (χ2n) is 6.80. The van der Waals surface area contributed by atoms with E-state index >= 15 is 0 Å². The van der Waals surface area contributed by atoms with Gasteiger partial charge in [0.25, 0.3) is 0 Å². The molecule has 1 heterocycles. The van der Waals surface area contributed by atoms with Crippen molar-refractivity contribution in [2.45, 2.75) is 11.6 Å². The molecular weight excluding hydrogens is 346 g/mol. The van der Waals surface area contributed by atoms with Crippen molar-refractivity contribution in [3.05, 3.63) is 132 Å². The molecule has 3 heteroatoms. The number of dihydropyridines is 1. The van der Waals surface area contributed by atoms with E-state index in [9.17, 15) is 9.90 Å². The van der Waals surface area contributed by atoms with Crippen LogP contribution in [0.3, 0.4) is 0 Å². The maximum Gasteiger partial charge on any atom is 0.194 e. The molecule has 0 radical (unpaired) electrons. The summed E-state index contributed by atoms with van der Waals surface area (Å²) in [4.78, 5) is 12.7. The van der Waals surface area contributed by atoms with Crippen molar-refractivity contribution in [1.29, 1.82) is 0 Å². The number of hydrogen-bond donors (Lipinski definition) is 2. The van der Waals surface area contributed by atoms with Crippen LogP contribution in [-0.2, 0) is 5.60 Å². The van der Waals surface area contributed by atoms with Gasteiger partial charge in [-0.3, -0.25) is 4.79 Å². The van der Waals surface area contributed by atoms with E-state index in [2.05, 4.69) is 5.32 Å². The zero-order chi connectivity index (χ0) is 19.4. The molecule has 4 rings (SSSR count). The maximum absolute atomic E-state index is 12.7. The molecular formula is C25H21NO2. The van der Waals surface area contributed by atoms with Crippen molar-refractivity contribution in [2.24, 2.45) is 0 Å². The Morgan fingerprint density at radius 1 is 0.786 bits per heavy atom. The van der Waals surface area contributed by atoms with Gasteiger partial charge < -0.3 is 10.4 Å². The Balaban J connectivity index is 1.66. The average Bonchev–Trinajstić information content (AvgIpc) is 2.80. The van der Waals surface area contributed by atoms with Crippen LogP contribution in [0.15, 0.2) is 115 Å². The van der Waals surface area contributed by atoms with E-state index in [-0.39, 0.29) is 5.78 Å². The number of rotatable bonds is 5. The lowest BCUT2D eigenvalue weighted by Gasteiger charge is -2.37. The van der Waals surface area contributed by atoms with Gasteiger partial charge in [-0.1, -0.05) is 103 Å². The smallest absolute Gasteiger partial charge is 0.194 e. The zero-order valence-corrected chi connectivity index (χ0v) is 15.3. The highest BCUT2D eigenvalue weighted by Gasteiger charge is 2.39. The lowest BCUT2D eigenvalue weighted by molar-refractivity contribution is 0.0579. The molecule has 3 nitrogen and oxygen atoms in total. The van der Waals surface area contributed by atoms with Gasteiger partial charge in [0.1, 0.15) is 5.60 Å². The van der Waals surface area contributed by atoms with Gasteiger partial charge in [-0.15, -0.1) is 0 Å². The first-order valence-corrected chi connectivity index (χ1v) is 9.27. The van der Waals surface area contributed by atoms with Crippen LogP contribution >= 0.6 is 0 Å². The largest absolute Gasteiger partial charge is 0.381 e. The Labute approximate surface area is 164 Å². The summed E-state index contributed by atoms with van der Waals surface area (Å²) in [6.45, 7) is 0. The van der Waals surface area contributed by atoms with Crippen LogP contribution in [-0.4, -0.2) is 16.9 Å². The van der Waals surface area contributed by atoms with Crippen LogP contribution in [0.1, 0.15) is 21.5 Å². The zero-order valence-electron chi connectivity index (χ0n) is 15.3. The van der Waals surface area contributed by atoms with E-state index < -0.39 is 11.6 Å². The summed E-state index contributed by atoms with van der Waals surface area (Å²) in [6.07, 6.45) is 5.33. The highest BCUT2D eigenvalue weighted by Crippen LogP contribution is 2.35. The van der Waals surface area contributed by atoms with Gasteiger partial charge in [0.15, 0.2) is 5.78 Å². The molecule has 3 aromatic rings. The van der Waals surface area contributed by atoms with Crippen molar-refractivity contribution in [1.82, 2.24) is 5.32 Å². The van der Waals surface area contributed by atoms with Gasteiger partial charge in [0, 0.05) is 17.3 Å². The molecule has 2 N–H and O–H groups in total. The number of benzene rings is 3. The van der Waals surface area contributed by atoms with E-state index in [4.69, 9.17) is 0 Å². The van der Waals surface area contributed by atoms with Crippen LogP contribution in [0.25, 0.3) is 0 Å². The Hall–Kier alpha value is -3.43. The van der Waals surface area contributed by atoms with Crippen molar-refractivity contribution in [3.63, 3.8) is 0 Å². The molecule has 0 spiro atoms. The second kappa shape index (κ2) is 7.67. The predicted octanol–water partition coefficient (Wildman–Crippen LogP) is 4.22. The van der Waals surface area contributed by atoms with Crippen LogP contribution in [0.4, 0.5) is 0 Å². The number of ketones is 1. The van der Waals surface area contributed by atoms with E-state index in [0.29, 0.717) is 11.1 Å². The van der Waals surface area contributed by atoms with Crippen LogP contribution in [0.2, 0.25) is 0 Å². The molecule has 0 amide bonds. The topological polar surface area (TPSA) is 49.3 Å². The molecule has 0 saturated carbocycles. The molecule has 0 bridgehead atoms. The quantitative estimate of drug-likeness (QED) is 0.664. The third-order valence-corrected chi connectivity index (χ3v) is 5.06. The van der Waals surface area contributed by atoms with Crippen molar-refractivity contribution >= 4 is 5.78 Å². The molecule has 1 unspecified atom stereocenters. The first-order valence-electron chi connectivity index (χ1n) is 9.27. The Bertz CT molecular complexity index is 969. The van der Waals surface area contributed by atoms with Gasteiger partial charge in [-0.05, 0) is 11.1 Å². The van der Waals surface area contributed by atoms with Crippen molar-refractivity contribution < 1.29 is 9.90 Å². The maximum atomic E-state index is 12.7. The molecule has 0 aliphatic carbocycles. The summed E-state index contributed by atoms with van der Waals surface area (Å²) in [5, 5.41) is 15.0. The normalized spacial score (nSPS) is 16.2. The van der Waals surface area contributed by atoms with Gasteiger partial charge >= 0.3 is 0 Å². The SMILES string of the molecule is O=C(C1=CNC(C(O)(c2ccccc2)c2ccccc2)C=C1)c1ccccc1. The number of aliphatic hydroxyl groups is 1. The van der Waals surface area contributed by atoms with E-state index in [0.717, 1.165) is 11.1 Å². The fourth-order valence-corrected chi connectivity index (χ4v) is 3.55. The molecule has 0 fully saturated rings. The van der Waals surface area contributed by atoms with Gasteiger partial charge in [-0.25, -0.2) is 0 Å². The summed E-state index contributed by atoms with van der Waals surface area (Å²) >= 11 is 0. The standard InChI is InChI=1S/C25H21NO2/c27-24(19-10-4-1-5-11-19)20-16-17-23(26-18-20)25(28,21-12-6-2-7-13-21)22-14-8-3-9-15-22/h1-18,23,26,28H. The van der Waals surface area contributed by atoms with Gasteiger partial charge in [0.2, 0.25) is 0 Å². The summed E-state index contributed by atoms with van der Waals surface area (Å²) in [5.74, 6) is -0.0502. The van der Waals surface area contributed by atoms with Gasteiger partial charge in [-0.2, -0.15) is 0 Å². The first-order chi connectivity index (χ1) is 13.7. The molecule has 3 aromatic carbocycles. The van der Waals surface area contributed by atoms with E-state index in [1.54, 1.807) is 24.4 Å². The summed E-state index contributed by atoms with van der Waals surface area (Å²) in [6, 6.07) is 27.9. The molecule has 0 saturated heterocycles. The minimum absolute atomic E-state index is 0.0502. The van der Waals surface area contributed by atoms with Crippen molar-refractivity contribution in [2.75, 3.05) is 0 Å². The molecule has 0 aromatic heterocycles. The third kappa shape index (κ3) is 3.28. The Morgan fingerprint density at radius 2 is 1.29 bits per heavy atom. The monoisotopic (exact) mass is 367 g/mol. The number of carbonyl (C=O) groups excluding carboxylic acids is 1. The molecule has 1 atom stereocenters. The molecule has 1 aliphatic rings. The van der Waals surface area contributed by atoms with Crippen LogP contribution < -0.4 is 5.32 Å². The fourth-order valence-electron chi connectivity index (χ4n) is 3.55. The Morgan fingerprint density at radius 3 is 1.75 bits per heavy atom. The molecule has 28 heavy (non-hydrogen) atoms. The number of allylic oxidation sites excluding steroid dienone is 2. The third-order valence-electron chi connectivity index (χ3n) is 5.06. The molecule has 1 aliphatic heterocycles. The highest BCUT2D eigenvalue weighted by molar-refractivity contribution is 6.10. The minimum Gasteiger partial charge on any atom is -0.381 e. The van der Waals surface area contributed by atoms with Crippen LogP contribution in [0.5, 0.6) is 0 Å². The predicted molar refractivity (Wildman–Crippen MR) is 111 cm³/mol. The Kier molecular flexibility index (Phi) is 4.92. The van der Waals surface area contributed by atoms with E-state index in [1.807, 2.05) is 84.9 Å². The number of carbonyl (C=O) groups is 1. The minimum atomic E-state index is -1.27. The number of Topliss-reactive ketones (excluding diaryl/α,β-unsaturated/α-hetero) is 1. The summed E-state index contributed by atoms with van der Waals surface area (Å²) < 4.78 is 0. The fraction of sp³-hybridized carbons (Fsp3) is 0.0800. The highest BCUT2D eigenvalue weighted by atomic mass is 16.3. The average molecular weight is 367 g/mol. The summed E-state index contributed by atoms with van der Waals surface area (Å²) in [5.41, 5.74) is 1.51. The second-order valence-corrected chi connectivity index (χ2v) is 6.80. The number of hydrogen-bond acceptors (Lipinski definition) is 3. The van der Waals surface area contributed by atoms with Crippen molar-refractivity contribution in [3.8, 4) is 0 Å². The molecule has 138 valence electrons. The van der Waals surface area contributed by atoms with E-state index in [1.165, 1.54) is 0 Å². The first kappa shape index (κ1) is 18.0. The van der Waals surface area contributed by atoms with Gasteiger partial charge in [0.05, 0.1) is 6.04 Å². The number of nitrogens with one attached hydrogen (secondary N) is 1. The lowest BCUT2D eigenvalue weighted by atomic mass is 9.79. The lowest BCUT2D eigenvalue weighted by Crippen LogP contribution is -2.47. The summed E-state index contributed by atoms with van der Waals surface area (Å²) in [7, 11) is 0. The van der Waals surface area contributed by atoms with Crippen LogP contribution in [0, 0.1) is 0 Å².